The fourth-order valence-corrected chi connectivity index (χ4v) is 2.79. The Bertz CT molecular complexity index is 1000. The smallest absolute Gasteiger partial charge is 0.275 e. The Morgan fingerprint density at radius 1 is 1.37 bits per heavy atom. The SMILES string of the molecule is C/C=C/COc1cnc(C(=O)Nc2ccnc(C3(C)CC(=O)N(C)C(N)=N3)c2)cn1. The monoisotopic (exact) mass is 409 g/mol. The second-order valence-corrected chi connectivity index (χ2v) is 6.88. The van der Waals surface area contributed by atoms with E-state index in [1.165, 1.54) is 23.5 Å². The molecule has 0 fully saturated rings. The van der Waals surface area contributed by atoms with E-state index in [-0.39, 0.29) is 24.0 Å². The summed E-state index contributed by atoms with van der Waals surface area (Å²) in [6.07, 6.45) is 8.08. The number of nitrogens with one attached hydrogen (secondary N) is 1. The number of pyridine rings is 1. The van der Waals surface area contributed by atoms with Crippen molar-refractivity contribution in [2.45, 2.75) is 25.8 Å². The Labute approximate surface area is 173 Å². The minimum absolute atomic E-state index is 0.120. The summed E-state index contributed by atoms with van der Waals surface area (Å²) in [5, 5.41) is 2.75. The lowest BCUT2D eigenvalue weighted by Gasteiger charge is -2.32. The van der Waals surface area contributed by atoms with Gasteiger partial charge in [-0.3, -0.25) is 19.5 Å². The largest absolute Gasteiger partial charge is 0.472 e. The number of hydrogen-bond donors (Lipinski definition) is 2. The van der Waals surface area contributed by atoms with Crippen LogP contribution in [-0.4, -0.2) is 51.3 Å². The van der Waals surface area contributed by atoms with E-state index in [1.54, 1.807) is 26.1 Å². The number of aromatic nitrogens is 3. The Kier molecular flexibility index (Phi) is 6.05. The number of hydrogen-bond acceptors (Lipinski definition) is 8. The van der Waals surface area contributed by atoms with Gasteiger partial charge in [-0.1, -0.05) is 12.2 Å². The number of nitrogens with zero attached hydrogens (tertiary/aromatic N) is 5. The molecule has 0 aliphatic carbocycles. The van der Waals surface area contributed by atoms with Crippen molar-refractivity contribution in [3.8, 4) is 5.88 Å². The quantitative estimate of drug-likeness (QED) is 0.690. The third-order valence-corrected chi connectivity index (χ3v) is 4.57. The van der Waals surface area contributed by atoms with Gasteiger partial charge in [0.15, 0.2) is 5.96 Å². The minimum Gasteiger partial charge on any atom is -0.472 e. The molecule has 0 aromatic carbocycles. The van der Waals surface area contributed by atoms with Crippen molar-refractivity contribution in [1.82, 2.24) is 19.9 Å². The van der Waals surface area contributed by atoms with E-state index in [4.69, 9.17) is 10.5 Å². The van der Waals surface area contributed by atoms with E-state index in [9.17, 15) is 9.59 Å². The molecule has 1 atom stereocenters. The lowest BCUT2D eigenvalue weighted by atomic mass is 9.91. The average molecular weight is 409 g/mol. The van der Waals surface area contributed by atoms with Crippen molar-refractivity contribution < 1.29 is 14.3 Å². The molecule has 1 aliphatic heterocycles. The van der Waals surface area contributed by atoms with Crippen LogP contribution in [0.5, 0.6) is 5.88 Å². The van der Waals surface area contributed by atoms with Crippen LogP contribution in [0.25, 0.3) is 0 Å². The van der Waals surface area contributed by atoms with Crippen LogP contribution >= 0.6 is 0 Å². The molecule has 3 rings (SSSR count). The number of allylic oxidation sites excluding steroid dienone is 1. The fraction of sp³-hybridized carbons (Fsp3) is 0.300. The number of rotatable bonds is 6. The van der Waals surface area contributed by atoms with Gasteiger partial charge in [0.1, 0.15) is 17.8 Å². The molecule has 0 saturated carbocycles. The molecule has 2 aromatic rings. The zero-order valence-corrected chi connectivity index (χ0v) is 17.0. The van der Waals surface area contributed by atoms with Crippen LogP contribution in [-0.2, 0) is 10.3 Å². The summed E-state index contributed by atoms with van der Waals surface area (Å²) in [5.41, 5.74) is 6.08. The molecule has 30 heavy (non-hydrogen) atoms. The Morgan fingerprint density at radius 2 is 2.17 bits per heavy atom. The molecule has 2 aromatic heterocycles. The van der Waals surface area contributed by atoms with E-state index in [2.05, 4.69) is 25.3 Å². The summed E-state index contributed by atoms with van der Waals surface area (Å²) in [7, 11) is 1.57. The van der Waals surface area contributed by atoms with E-state index in [0.29, 0.717) is 23.9 Å². The number of aliphatic imine (C=N–C) groups is 1. The molecular formula is C20H23N7O3. The maximum Gasteiger partial charge on any atom is 0.275 e. The Balaban J connectivity index is 1.74. The van der Waals surface area contributed by atoms with E-state index in [0.717, 1.165) is 0 Å². The van der Waals surface area contributed by atoms with Crippen molar-refractivity contribution in [2.24, 2.45) is 10.7 Å². The summed E-state index contributed by atoms with van der Waals surface area (Å²) in [4.78, 5) is 42.9. The topological polar surface area (TPSA) is 136 Å². The average Bonchev–Trinajstić information content (AvgIpc) is 2.73. The first-order chi connectivity index (χ1) is 14.3. The predicted octanol–water partition coefficient (Wildman–Crippen LogP) is 1.47. The molecule has 0 bridgehead atoms. The van der Waals surface area contributed by atoms with Crippen molar-refractivity contribution in [3.63, 3.8) is 0 Å². The summed E-state index contributed by atoms with van der Waals surface area (Å²) in [6.45, 7) is 4.04. The highest BCUT2D eigenvalue weighted by atomic mass is 16.5. The number of guanidine groups is 1. The molecule has 0 spiro atoms. The van der Waals surface area contributed by atoms with Crippen LogP contribution in [0.2, 0.25) is 0 Å². The second-order valence-electron chi connectivity index (χ2n) is 6.88. The first-order valence-corrected chi connectivity index (χ1v) is 9.28. The van der Waals surface area contributed by atoms with Gasteiger partial charge in [0.2, 0.25) is 11.8 Å². The maximum atomic E-state index is 12.5. The highest BCUT2D eigenvalue weighted by Crippen LogP contribution is 2.32. The number of ether oxygens (including phenoxy) is 1. The summed E-state index contributed by atoms with van der Waals surface area (Å²) >= 11 is 0. The lowest BCUT2D eigenvalue weighted by molar-refractivity contribution is -0.128. The van der Waals surface area contributed by atoms with Gasteiger partial charge in [-0.15, -0.1) is 0 Å². The van der Waals surface area contributed by atoms with Gasteiger partial charge in [-0.05, 0) is 26.0 Å². The summed E-state index contributed by atoms with van der Waals surface area (Å²) < 4.78 is 5.36. The van der Waals surface area contributed by atoms with Crippen LogP contribution in [0, 0.1) is 0 Å². The van der Waals surface area contributed by atoms with Crippen LogP contribution in [0.4, 0.5) is 5.69 Å². The molecule has 0 saturated heterocycles. The first-order valence-electron chi connectivity index (χ1n) is 9.28. The van der Waals surface area contributed by atoms with Gasteiger partial charge in [0.25, 0.3) is 5.91 Å². The third kappa shape index (κ3) is 4.59. The standard InChI is InChI=1S/C20H23N7O3/c1-4-5-8-30-16-12-23-14(11-24-16)18(29)25-13-6-7-22-15(9-13)20(2)10-17(28)27(3)19(21)26-20/h4-7,9,11-12H,8,10H2,1-3H3,(H2,21,26)(H,22,25,29)/b5-4+. The van der Waals surface area contributed by atoms with E-state index >= 15 is 0 Å². The molecule has 3 heterocycles. The third-order valence-electron chi connectivity index (χ3n) is 4.57. The normalized spacial score (nSPS) is 19.0. The number of amides is 2. The van der Waals surface area contributed by atoms with Gasteiger partial charge in [-0.2, -0.15) is 0 Å². The van der Waals surface area contributed by atoms with Crippen molar-refractivity contribution in [2.75, 3.05) is 19.0 Å². The maximum absolute atomic E-state index is 12.5. The second kappa shape index (κ2) is 8.68. The number of carbonyl (C=O) groups excluding carboxylic acids is 2. The van der Waals surface area contributed by atoms with Crippen LogP contribution in [0.3, 0.4) is 0 Å². The van der Waals surface area contributed by atoms with E-state index in [1.807, 2.05) is 19.1 Å². The highest BCUT2D eigenvalue weighted by Gasteiger charge is 2.37. The van der Waals surface area contributed by atoms with Crippen LogP contribution in [0.1, 0.15) is 36.5 Å². The molecule has 1 aliphatic rings. The molecule has 1 unspecified atom stereocenters. The molecule has 2 amide bonds. The van der Waals surface area contributed by atoms with Crippen LogP contribution < -0.4 is 15.8 Å². The van der Waals surface area contributed by atoms with Crippen molar-refractivity contribution in [1.29, 1.82) is 0 Å². The van der Waals surface area contributed by atoms with Gasteiger partial charge >= 0.3 is 0 Å². The zero-order chi connectivity index (χ0) is 21.7. The minimum atomic E-state index is -0.917. The van der Waals surface area contributed by atoms with Crippen molar-refractivity contribution >= 4 is 23.5 Å². The Morgan fingerprint density at radius 3 is 2.83 bits per heavy atom. The summed E-state index contributed by atoms with van der Waals surface area (Å²) in [5.74, 6) is -0.149. The van der Waals surface area contributed by atoms with E-state index < -0.39 is 11.4 Å². The van der Waals surface area contributed by atoms with Gasteiger partial charge < -0.3 is 15.8 Å². The summed E-state index contributed by atoms with van der Waals surface area (Å²) in [6, 6.07) is 3.30. The molecule has 156 valence electrons. The number of nitrogens with two attached hydrogens (primary N) is 1. The fourth-order valence-electron chi connectivity index (χ4n) is 2.79. The van der Waals surface area contributed by atoms with Gasteiger partial charge in [0, 0.05) is 18.9 Å². The lowest BCUT2D eigenvalue weighted by Crippen LogP contribution is -2.47. The molecular weight excluding hydrogens is 386 g/mol. The van der Waals surface area contributed by atoms with Crippen molar-refractivity contribution in [3.05, 3.63) is 54.3 Å². The number of anilines is 1. The van der Waals surface area contributed by atoms with Gasteiger partial charge in [0.05, 0.1) is 24.5 Å². The molecule has 3 N–H and O–H groups in total. The zero-order valence-electron chi connectivity index (χ0n) is 17.0. The molecule has 10 nitrogen and oxygen atoms in total. The first kappa shape index (κ1) is 20.9. The number of carbonyl (C=O) groups is 2. The Hall–Kier alpha value is -3.82. The predicted molar refractivity (Wildman–Crippen MR) is 111 cm³/mol. The molecule has 0 radical (unpaired) electrons. The highest BCUT2D eigenvalue weighted by molar-refractivity contribution is 6.02. The van der Waals surface area contributed by atoms with Gasteiger partial charge in [-0.25, -0.2) is 15.0 Å². The molecule has 10 heteroatoms. The van der Waals surface area contributed by atoms with Crippen LogP contribution in [0.15, 0.2) is 47.9 Å².